The van der Waals surface area contributed by atoms with Crippen molar-refractivity contribution in [3.63, 3.8) is 0 Å². The van der Waals surface area contributed by atoms with Crippen LogP contribution in [0.3, 0.4) is 0 Å². The van der Waals surface area contributed by atoms with E-state index in [0.29, 0.717) is 29.4 Å². The summed E-state index contributed by atoms with van der Waals surface area (Å²) < 4.78 is 13.5. The molecule has 5 aliphatic rings. The minimum absolute atomic E-state index is 0.0428. The maximum atomic E-state index is 15.2. The van der Waals surface area contributed by atoms with E-state index >= 15 is 4.79 Å². The fourth-order valence-electron chi connectivity index (χ4n) is 8.63. The number of fused-ring (bicyclic) bond motifs is 2. The van der Waals surface area contributed by atoms with Crippen molar-refractivity contribution in [2.45, 2.75) is 87.3 Å². The number of halogens is 1. The van der Waals surface area contributed by atoms with Crippen LogP contribution in [0, 0.1) is 11.8 Å². The maximum Gasteiger partial charge on any atom is 0.313 e. The van der Waals surface area contributed by atoms with Gasteiger partial charge in [-0.15, -0.1) is 0 Å². The van der Waals surface area contributed by atoms with E-state index in [4.69, 9.17) is 9.47 Å². The predicted octanol–water partition coefficient (Wildman–Crippen LogP) is 4.38. The second-order valence-electron chi connectivity index (χ2n) is 14.0. The number of carbonyl (C=O) groups excluding carboxylic acids is 4. The number of ether oxygens (including phenoxy) is 2. The number of benzene rings is 2. The van der Waals surface area contributed by atoms with E-state index in [1.165, 1.54) is 4.90 Å². The number of carbonyl (C=O) groups is 4. The molecule has 0 unspecified atom stereocenters. The molecule has 1 saturated carbocycles. The molecule has 264 valence electrons. The number of allylic oxidation sites excluding steroid dienone is 1. The highest BCUT2D eigenvalue weighted by atomic mass is 79.9. The Hall–Kier alpha value is -3.80. The summed E-state index contributed by atoms with van der Waals surface area (Å²) in [4.78, 5) is 60.8. The van der Waals surface area contributed by atoms with Crippen molar-refractivity contribution in [2.24, 2.45) is 11.8 Å². The Morgan fingerprint density at radius 1 is 0.940 bits per heavy atom. The van der Waals surface area contributed by atoms with E-state index in [9.17, 15) is 19.5 Å². The number of rotatable bonds is 6. The fraction of sp³-hybridized carbons (Fsp3) is 0.487. The molecule has 2 saturated heterocycles. The van der Waals surface area contributed by atoms with Gasteiger partial charge in [0.1, 0.15) is 29.8 Å². The normalized spacial score (nSPS) is 32.0. The number of hydrogen-bond donors (Lipinski definition) is 2. The van der Waals surface area contributed by atoms with Crippen LogP contribution >= 0.6 is 15.9 Å². The zero-order valence-electron chi connectivity index (χ0n) is 28.0. The first-order valence-electron chi connectivity index (χ1n) is 17.8. The molecular weight excluding hydrogens is 702 g/mol. The fourth-order valence-corrected chi connectivity index (χ4v) is 9.37. The van der Waals surface area contributed by atoms with Gasteiger partial charge in [0.2, 0.25) is 17.7 Å². The summed E-state index contributed by atoms with van der Waals surface area (Å²) in [5, 5.41) is 13.8. The second kappa shape index (κ2) is 14.8. The number of cyclic esters (lactones) is 1. The van der Waals surface area contributed by atoms with Crippen LogP contribution in [-0.4, -0.2) is 88.1 Å². The lowest BCUT2D eigenvalue weighted by Gasteiger charge is -2.42. The molecule has 2 aromatic rings. The van der Waals surface area contributed by atoms with Crippen molar-refractivity contribution in [1.29, 1.82) is 0 Å². The Bertz CT molecular complexity index is 1650. The van der Waals surface area contributed by atoms with Crippen molar-refractivity contribution in [1.82, 2.24) is 15.1 Å². The van der Waals surface area contributed by atoms with E-state index in [0.717, 1.165) is 37.7 Å². The van der Waals surface area contributed by atoms with Gasteiger partial charge < -0.3 is 29.7 Å². The number of nitrogens with one attached hydrogen (secondary N) is 1. The number of aliphatic hydroxyl groups is 1. The zero-order chi connectivity index (χ0) is 34.8. The minimum atomic E-state index is -1.45. The average molecular weight is 747 g/mol. The van der Waals surface area contributed by atoms with Gasteiger partial charge in [-0.1, -0.05) is 108 Å². The van der Waals surface area contributed by atoms with Gasteiger partial charge in [-0.3, -0.25) is 19.2 Å². The van der Waals surface area contributed by atoms with Gasteiger partial charge in [-0.2, -0.15) is 0 Å². The van der Waals surface area contributed by atoms with Crippen molar-refractivity contribution >= 4 is 39.6 Å². The molecule has 2 aromatic carbocycles. The van der Waals surface area contributed by atoms with E-state index in [2.05, 4.69) is 21.2 Å². The molecule has 4 aliphatic heterocycles. The summed E-state index contributed by atoms with van der Waals surface area (Å²) in [7, 11) is 0. The molecule has 1 aliphatic carbocycles. The molecule has 50 heavy (non-hydrogen) atoms. The van der Waals surface area contributed by atoms with Crippen LogP contribution in [0.1, 0.15) is 62.2 Å². The van der Waals surface area contributed by atoms with Gasteiger partial charge in [0, 0.05) is 23.5 Å². The molecular formula is C39H44BrN3O7. The van der Waals surface area contributed by atoms with E-state index in [1.807, 2.05) is 83.8 Å². The quantitative estimate of drug-likeness (QED) is 0.333. The highest BCUT2D eigenvalue weighted by Crippen LogP contribution is 2.59. The second-order valence-corrected chi connectivity index (χ2v) is 14.9. The molecule has 1 spiro atoms. The third kappa shape index (κ3) is 6.44. The number of likely N-dealkylation sites (tertiary alicyclic amines) is 1. The summed E-state index contributed by atoms with van der Waals surface area (Å²) in [5.41, 5.74) is 0.158. The Labute approximate surface area is 301 Å². The largest absolute Gasteiger partial charge is 0.455 e. The SMILES string of the molecule is O=C1CC/C=C\CN(C2CCCCC2)C(=O)[C@H]2N([C@@H](CO)Cc3ccccc3)C(=O)[C@@H]3[C@@H](C(=O)O[C@@H](c4ccccc4)CN1)[C@@H]1O[C@@]32C=C1Br. The minimum Gasteiger partial charge on any atom is -0.455 e. The Morgan fingerprint density at radius 2 is 1.66 bits per heavy atom. The molecule has 4 heterocycles. The third-order valence-corrected chi connectivity index (χ3v) is 11.7. The number of hydrogen-bond acceptors (Lipinski definition) is 7. The van der Waals surface area contributed by atoms with Gasteiger partial charge in [0.25, 0.3) is 0 Å². The molecule has 2 N–H and O–H groups in total. The van der Waals surface area contributed by atoms with Gasteiger partial charge >= 0.3 is 5.97 Å². The molecule has 7 atom stereocenters. The zero-order valence-corrected chi connectivity index (χ0v) is 29.6. The molecule has 7 rings (SSSR count). The van der Waals surface area contributed by atoms with Gasteiger partial charge in [-0.25, -0.2) is 0 Å². The molecule has 0 aromatic heterocycles. The molecule has 10 nitrogen and oxygen atoms in total. The lowest BCUT2D eigenvalue weighted by Crippen LogP contribution is -2.60. The van der Waals surface area contributed by atoms with Crippen LogP contribution < -0.4 is 5.32 Å². The van der Waals surface area contributed by atoms with Crippen molar-refractivity contribution in [2.75, 3.05) is 19.7 Å². The van der Waals surface area contributed by atoms with Crippen LogP contribution in [0.25, 0.3) is 0 Å². The lowest BCUT2D eigenvalue weighted by atomic mass is 9.74. The summed E-state index contributed by atoms with van der Waals surface area (Å²) in [6.07, 6.45) is 9.81. The topological polar surface area (TPSA) is 125 Å². The van der Waals surface area contributed by atoms with Crippen LogP contribution in [0.15, 0.2) is 83.4 Å². The van der Waals surface area contributed by atoms with E-state index < -0.39 is 53.6 Å². The first-order valence-corrected chi connectivity index (χ1v) is 18.6. The first kappa shape index (κ1) is 34.6. The van der Waals surface area contributed by atoms with Crippen molar-refractivity contribution in [3.05, 3.63) is 94.5 Å². The molecule has 0 radical (unpaired) electrons. The summed E-state index contributed by atoms with van der Waals surface area (Å²) in [6.45, 7) is -0.0118. The van der Waals surface area contributed by atoms with Crippen LogP contribution in [0.2, 0.25) is 0 Å². The first-order chi connectivity index (χ1) is 24.3. The predicted molar refractivity (Wildman–Crippen MR) is 188 cm³/mol. The van der Waals surface area contributed by atoms with Gasteiger partial charge in [0.05, 0.1) is 25.1 Å². The van der Waals surface area contributed by atoms with Gasteiger partial charge in [-0.05, 0) is 42.9 Å². The van der Waals surface area contributed by atoms with Crippen molar-refractivity contribution in [3.8, 4) is 0 Å². The average Bonchev–Trinajstić information content (AvgIpc) is 3.74. The van der Waals surface area contributed by atoms with Gasteiger partial charge in [0.15, 0.2) is 0 Å². The molecule has 5 bridgehead atoms. The Kier molecular flexibility index (Phi) is 10.3. The number of nitrogens with zero attached hydrogens (tertiary/aromatic N) is 2. The number of amides is 3. The molecule has 11 heteroatoms. The Balaban J connectivity index is 1.33. The Morgan fingerprint density at radius 3 is 2.38 bits per heavy atom. The van der Waals surface area contributed by atoms with Crippen LogP contribution in [0.5, 0.6) is 0 Å². The lowest BCUT2D eigenvalue weighted by molar-refractivity contribution is -0.160. The number of aliphatic hydroxyl groups excluding tert-OH is 1. The molecule has 3 fully saturated rings. The van der Waals surface area contributed by atoms with Crippen LogP contribution in [-0.2, 0) is 35.1 Å². The third-order valence-electron chi connectivity index (χ3n) is 11.0. The van der Waals surface area contributed by atoms with E-state index in [-0.39, 0.29) is 37.4 Å². The monoisotopic (exact) mass is 745 g/mol. The summed E-state index contributed by atoms with van der Waals surface area (Å²) >= 11 is 3.64. The van der Waals surface area contributed by atoms with Crippen molar-refractivity contribution < 1.29 is 33.8 Å². The summed E-state index contributed by atoms with van der Waals surface area (Å²) in [6, 6.07) is 16.9. The number of esters is 1. The van der Waals surface area contributed by atoms with Crippen LogP contribution in [0.4, 0.5) is 0 Å². The molecule has 3 amide bonds. The maximum absolute atomic E-state index is 15.2. The standard InChI is InChI=1S/C39H44BrN3O7/c40-29-22-39-33-32(34(29)50-39)38(48)49-30(26-15-7-2-8-16-26)23-41-31(45)19-11-4-12-20-42(27-17-9-3-10-18-27)37(47)35(39)43(36(33)46)28(24-44)21-25-13-5-1-6-14-25/h1-2,4-8,12-16,22,27-28,30,32-35,44H,3,9-11,17-21,23-24H2,(H,41,45)/b12-4-/t28-,30-,32-,33+,34-,35-,39+/m1/s1. The summed E-state index contributed by atoms with van der Waals surface area (Å²) in [5.74, 6) is -3.61. The highest BCUT2D eigenvalue weighted by Gasteiger charge is 2.75. The smallest absolute Gasteiger partial charge is 0.313 e. The van der Waals surface area contributed by atoms with E-state index in [1.54, 1.807) is 0 Å². The highest BCUT2D eigenvalue weighted by molar-refractivity contribution is 9.11.